The summed E-state index contributed by atoms with van der Waals surface area (Å²) in [6.07, 6.45) is 0. The number of amides is 2. The summed E-state index contributed by atoms with van der Waals surface area (Å²) >= 11 is 16.8. The van der Waals surface area contributed by atoms with Gasteiger partial charge in [-0.15, -0.1) is 0 Å². The van der Waals surface area contributed by atoms with E-state index < -0.39 is 21.8 Å². The van der Waals surface area contributed by atoms with E-state index in [0.29, 0.717) is 16.5 Å². The van der Waals surface area contributed by atoms with E-state index in [-0.39, 0.29) is 21.6 Å². The first-order valence-electron chi connectivity index (χ1n) is 7.89. The Kier molecular flexibility index (Phi) is 7.80. The number of thiocarbonyl (C=S) groups is 1. The summed E-state index contributed by atoms with van der Waals surface area (Å²) in [4.78, 5) is 22.8. The van der Waals surface area contributed by atoms with Crippen molar-refractivity contribution in [2.45, 2.75) is 11.8 Å². The molecular formula is C17H15Cl2N3O5S2. The first kappa shape index (κ1) is 22.9. The van der Waals surface area contributed by atoms with Crippen molar-refractivity contribution >= 4 is 68.1 Å². The van der Waals surface area contributed by atoms with Crippen LogP contribution in [-0.4, -0.2) is 32.0 Å². The van der Waals surface area contributed by atoms with Crippen LogP contribution in [0.5, 0.6) is 5.75 Å². The summed E-state index contributed by atoms with van der Waals surface area (Å²) in [5.41, 5.74) is 0.429. The molecule has 12 heteroatoms. The number of nitrogens with one attached hydrogen (secondary N) is 3. The summed E-state index contributed by atoms with van der Waals surface area (Å²) in [5, 5.41) is 5.83. The Balaban J connectivity index is 1.88. The molecule has 0 aliphatic heterocycles. The van der Waals surface area contributed by atoms with Crippen LogP contribution in [0.4, 0.5) is 5.69 Å². The van der Waals surface area contributed by atoms with Crippen LogP contribution in [0.25, 0.3) is 0 Å². The minimum absolute atomic E-state index is 0.0155. The van der Waals surface area contributed by atoms with Crippen LogP contribution in [0.15, 0.2) is 47.4 Å². The number of carbonyl (C=O) groups is 2. The Morgan fingerprint density at radius 2 is 1.76 bits per heavy atom. The van der Waals surface area contributed by atoms with Crippen LogP contribution < -0.4 is 20.1 Å². The van der Waals surface area contributed by atoms with E-state index >= 15 is 0 Å². The van der Waals surface area contributed by atoms with Crippen LogP contribution in [0.1, 0.15) is 6.92 Å². The molecule has 154 valence electrons. The number of anilines is 1. The van der Waals surface area contributed by atoms with Gasteiger partial charge in [0.25, 0.3) is 15.9 Å². The molecule has 2 aromatic rings. The maximum atomic E-state index is 11.9. The lowest BCUT2D eigenvalue weighted by Gasteiger charge is -2.11. The number of rotatable bonds is 6. The Labute approximate surface area is 182 Å². The normalized spacial score (nSPS) is 10.7. The van der Waals surface area contributed by atoms with Gasteiger partial charge < -0.3 is 10.1 Å². The number of hydrogen-bond donors (Lipinski definition) is 3. The molecule has 8 nitrogen and oxygen atoms in total. The van der Waals surface area contributed by atoms with Crippen molar-refractivity contribution < 1.29 is 22.7 Å². The molecule has 0 bridgehead atoms. The standard InChI is InChI=1S/C17H15Cl2N3O5S2/c1-10(23)22-29(25,26)13-5-3-12(4-6-13)20-17(28)21-16(24)9-27-15-7-2-11(18)8-14(15)19/h2-8H,9H2,1H3,(H,22,23)(H2,20,21,24,28). The highest BCUT2D eigenvalue weighted by molar-refractivity contribution is 7.90. The lowest BCUT2D eigenvalue weighted by atomic mass is 10.3. The fraction of sp³-hybridized carbons (Fsp3) is 0.118. The van der Waals surface area contributed by atoms with E-state index in [1.54, 1.807) is 6.07 Å². The zero-order valence-corrected chi connectivity index (χ0v) is 18.0. The number of halogens is 2. The maximum Gasteiger partial charge on any atom is 0.264 e. The van der Waals surface area contributed by atoms with Crippen molar-refractivity contribution in [3.05, 3.63) is 52.5 Å². The highest BCUT2D eigenvalue weighted by Crippen LogP contribution is 2.27. The molecule has 0 aromatic heterocycles. The Hall–Kier alpha value is -2.40. The second-order valence-corrected chi connectivity index (χ2v) is 8.49. The topological polar surface area (TPSA) is 114 Å². The molecular weight excluding hydrogens is 461 g/mol. The number of ether oxygens (including phenoxy) is 1. The van der Waals surface area contributed by atoms with Crippen molar-refractivity contribution in [2.24, 2.45) is 0 Å². The van der Waals surface area contributed by atoms with Gasteiger partial charge in [0.2, 0.25) is 5.91 Å². The average molecular weight is 476 g/mol. The molecule has 0 atom stereocenters. The first-order chi connectivity index (χ1) is 13.6. The van der Waals surface area contributed by atoms with Gasteiger partial charge in [0, 0.05) is 17.6 Å². The van der Waals surface area contributed by atoms with Crippen molar-refractivity contribution in [1.82, 2.24) is 10.0 Å². The van der Waals surface area contributed by atoms with Crippen molar-refractivity contribution in [3.8, 4) is 5.75 Å². The molecule has 3 N–H and O–H groups in total. The fourth-order valence-corrected chi connectivity index (χ4v) is 3.71. The van der Waals surface area contributed by atoms with Crippen LogP contribution in [0.2, 0.25) is 10.0 Å². The maximum absolute atomic E-state index is 11.9. The molecule has 2 amide bonds. The summed E-state index contributed by atoms with van der Waals surface area (Å²) in [6.45, 7) is 0.760. The number of carbonyl (C=O) groups excluding carboxylic acids is 2. The van der Waals surface area contributed by atoms with E-state index in [4.69, 9.17) is 40.2 Å². The van der Waals surface area contributed by atoms with Gasteiger partial charge in [0.15, 0.2) is 11.7 Å². The zero-order valence-electron chi connectivity index (χ0n) is 14.9. The Morgan fingerprint density at radius 3 is 2.34 bits per heavy atom. The summed E-state index contributed by atoms with van der Waals surface area (Å²) in [5.74, 6) is -0.933. The summed E-state index contributed by atoms with van der Waals surface area (Å²) in [7, 11) is -3.93. The van der Waals surface area contributed by atoms with E-state index in [1.807, 2.05) is 4.72 Å². The molecule has 0 saturated carbocycles. The van der Waals surface area contributed by atoms with E-state index in [2.05, 4.69) is 10.6 Å². The third-order valence-corrected chi connectivity index (χ3v) is 5.39. The molecule has 29 heavy (non-hydrogen) atoms. The van der Waals surface area contributed by atoms with Gasteiger partial charge in [-0.2, -0.15) is 0 Å². The zero-order chi connectivity index (χ0) is 21.6. The molecule has 2 rings (SSSR count). The summed E-state index contributed by atoms with van der Waals surface area (Å²) in [6, 6.07) is 10.0. The molecule has 0 heterocycles. The van der Waals surface area contributed by atoms with Crippen molar-refractivity contribution in [3.63, 3.8) is 0 Å². The second kappa shape index (κ2) is 9.88. The van der Waals surface area contributed by atoms with Crippen LogP contribution in [-0.2, 0) is 19.6 Å². The first-order valence-corrected chi connectivity index (χ1v) is 10.5. The van der Waals surface area contributed by atoms with E-state index in [9.17, 15) is 18.0 Å². The second-order valence-electron chi connectivity index (χ2n) is 5.55. The minimum atomic E-state index is -3.93. The van der Waals surface area contributed by atoms with Gasteiger partial charge in [-0.1, -0.05) is 23.2 Å². The van der Waals surface area contributed by atoms with Gasteiger partial charge in [0.05, 0.1) is 9.92 Å². The highest BCUT2D eigenvalue weighted by atomic mass is 35.5. The Bertz CT molecular complexity index is 1040. The molecule has 0 saturated heterocycles. The van der Waals surface area contributed by atoms with Crippen molar-refractivity contribution in [1.29, 1.82) is 0 Å². The molecule has 0 aliphatic carbocycles. The third kappa shape index (κ3) is 7.17. The SMILES string of the molecule is CC(=O)NS(=O)(=O)c1ccc(NC(=S)NC(=O)COc2ccc(Cl)cc2Cl)cc1. The average Bonchev–Trinajstić information content (AvgIpc) is 2.60. The molecule has 0 spiro atoms. The predicted molar refractivity (Wildman–Crippen MR) is 114 cm³/mol. The molecule has 0 unspecified atom stereocenters. The number of benzene rings is 2. The Morgan fingerprint density at radius 1 is 1.10 bits per heavy atom. The van der Waals surface area contributed by atoms with Gasteiger partial charge in [-0.25, -0.2) is 13.1 Å². The van der Waals surface area contributed by atoms with E-state index in [0.717, 1.165) is 6.92 Å². The molecule has 2 aromatic carbocycles. The van der Waals surface area contributed by atoms with Crippen LogP contribution >= 0.6 is 35.4 Å². The molecule has 0 radical (unpaired) electrons. The fourth-order valence-electron chi connectivity index (χ4n) is 2.03. The lowest BCUT2D eigenvalue weighted by Crippen LogP contribution is -2.37. The monoisotopic (exact) mass is 475 g/mol. The highest BCUT2D eigenvalue weighted by Gasteiger charge is 2.15. The lowest BCUT2D eigenvalue weighted by molar-refractivity contribution is -0.121. The molecule has 0 aliphatic rings. The van der Waals surface area contributed by atoms with Crippen molar-refractivity contribution in [2.75, 3.05) is 11.9 Å². The largest absolute Gasteiger partial charge is 0.482 e. The predicted octanol–water partition coefficient (Wildman–Crippen LogP) is 2.71. The van der Waals surface area contributed by atoms with Gasteiger partial charge in [-0.3, -0.25) is 14.9 Å². The van der Waals surface area contributed by atoms with Gasteiger partial charge >= 0.3 is 0 Å². The summed E-state index contributed by atoms with van der Waals surface area (Å²) < 4.78 is 30.9. The number of hydrogen-bond acceptors (Lipinski definition) is 6. The van der Waals surface area contributed by atoms with Crippen LogP contribution in [0, 0.1) is 0 Å². The quantitative estimate of drug-likeness (QED) is 0.550. The molecule has 0 fully saturated rings. The van der Waals surface area contributed by atoms with Gasteiger partial charge in [0.1, 0.15) is 5.75 Å². The van der Waals surface area contributed by atoms with E-state index in [1.165, 1.54) is 36.4 Å². The van der Waals surface area contributed by atoms with Gasteiger partial charge in [-0.05, 0) is 54.7 Å². The smallest absolute Gasteiger partial charge is 0.264 e. The number of sulfonamides is 1. The van der Waals surface area contributed by atoms with Crippen LogP contribution in [0.3, 0.4) is 0 Å². The minimum Gasteiger partial charge on any atom is -0.482 e. The third-order valence-electron chi connectivity index (χ3n) is 3.21.